The normalized spacial score (nSPS) is 24.0. The Morgan fingerprint density at radius 1 is 1.09 bits per heavy atom. The van der Waals surface area contributed by atoms with Crippen molar-refractivity contribution in [1.82, 2.24) is 4.31 Å². The number of hydrogen-bond donors (Lipinski definition) is 0. The van der Waals surface area contributed by atoms with Crippen molar-refractivity contribution in [2.75, 3.05) is 6.54 Å². The summed E-state index contributed by atoms with van der Waals surface area (Å²) in [6, 6.07) is 7.11. The summed E-state index contributed by atoms with van der Waals surface area (Å²) >= 11 is 0. The first-order chi connectivity index (χ1) is 10.6. The predicted molar refractivity (Wildman–Crippen MR) is 86.5 cm³/mol. The molecule has 1 atom stereocenters. The quantitative estimate of drug-likeness (QED) is 0.832. The molecule has 0 spiro atoms. The zero-order valence-electron chi connectivity index (χ0n) is 13.2. The van der Waals surface area contributed by atoms with Crippen LogP contribution in [0, 0.1) is 0 Å². The lowest BCUT2D eigenvalue weighted by atomic mass is 10.2. The van der Waals surface area contributed by atoms with Crippen molar-refractivity contribution in [2.24, 2.45) is 0 Å². The highest BCUT2D eigenvalue weighted by atomic mass is 32.2. The topological polar surface area (TPSA) is 46.6 Å². The van der Waals surface area contributed by atoms with Crippen LogP contribution < -0.4 is 4.74 Å². The lowest BCUT2D eigenvalue weighted by Crippen LogP contribution is -2.35. The van der Waals surface area contributed by atoms with E-state index in [1.54, 1.807) is 28.6 Å². The van der Waals surface area contributed by atoms with Crippen LogP contribution in [0.4, 0.5) is 0 Å². The van der Waals surface area contributed by atoms with Crippen LogP contribution in [0.3, 0.4) is 0 Å². The molecule has 2 fully saturated rings. The average molecular weight is 323 g/mol. The molecule has 3 rings (SSSR count). The smallest absolute Gasteiger partial charge is 0.243 e. The Morgan fingerprint density at radius 2 is 1.77 bits per heavy atom. The molecule has 0 N–H and O–H groups in total. The van der Waals surface area contributed by atoms with Crippen molar-refractivity contribution in [2.45, 2.75) is 68.9 Å². The van der Waals surface area contributed by atoms with Gasteiger partial charge in [-0.3, -0.25) is 0 Å². The lowest BCUT2D eigenvalue weighted by Gasteiger charge is -2.23. The fourth-order valence-electron chi connectivity index (χ4n) is 3.56. The number of hydrogen-bond acceptors (Lipinski definition) is 3. The molecular weight excluding hydrogens is 298 g/mol. The minimum atomic E-state index is -3.37. The Balaban J connectivity index is 1.73. The molecule has 5 heteroatoms. The van der Waals surface area contributed by atoms with E-state index in [1.807, 2.05) is 0 Å². The van der Waals surface area contributed by atoms with Gasteiger partial charge in [0, 0.05) is 12.6 Å². The van der Waals surface area contributed by atoms with Gasteiger partial charge < -0.3 is 4.74 Å². The van der Waals surface area contributed by atoms with E-state index < -0.39 is 10.0 Å². The SMILES string of the molecule is CCC1CCCN1S(=O)(=O)c1ccc(OC2CCCC2)cc1. The molecular formula is C17H25NO3S. The van der Waals surface area contributed by atoms with Gasteiger partial charge in [-0.25, -0.2) is 8.42 Å². The largest absolute Gasteiger partial charge is 0.490 e. The van der Waals surface area contributed by atoms with E-state index in [0.717, 1.165) is 37.9 Å². The molecule has 1 saturated carbocycles. The van der Waals surface area contributed by atoms with Crippen LogP contribution in [0.1, 0.15) is 51.9 Å². The van der Waals surface area contributed by atoms with Crippen molar-refractivity contribution in [1.29, 1.82) is 0 Å². The third-order valence-corrected chi connectivity index (χ3v) is 6.80. The van der Waals surface area contributed by atoms with E-state index in [4.69, 9.17) is 4.74 Å². The van der Waals surface area contributed by atoms with E-state index in [0.29, 0.717) is 17.5 Å². The van der Waals surface area contributed by atoms with Gasteiger partial charge in [0.05, 0.1) is 11.0 Å². The van der Waals surface area contributed by atoms with Gasteiger partial charge in [0.25, 0.3) is 0 Å². The summed E-state index contributed by atoms with van der Waals surface area (Å²) in [5, 5.41) is 0. The maximum absolute atomic E-state index is 12.7. The molecule has 2 aliphatic rings. The molecule has 1 aromatic carbocycles. The van der Waals surface area contributed by atoms with E-state index >= 15 is 0 Å². The summed E-state index contributed by atoms with van der Waals surface area (Å²) in [5.74, 6) is 0.777. The van der Waals surface area contributed by atoms with E-state index in [-0.39, 0.29) is 6.04 Å². The lowest BCUT2D eigenvalue weighted by molar-refractivity contribution is 0.210. The Bertz CT molecular complexity index is 591. The van der Waals surface area contributed by atoms with Gasteiger partial charge >= 0.3 is 0 Å². The molecule has 1 aliphatic carbocycles. The van der Waals surface area contributed by atoms with Crippen molar-refractivity contribution in [3.05, 3.63) is 24.3 Å². The number of rotatable bonds is 5. The summed E-state index contributed by atoms with van der Waals surface area (Å²) in [4.78, 5) is 0.381. The third-order valence-electron chi connectivity index (χ3n) is 4.83. The van der Waals surface area contributed by atoms with Gasteiger partial charge in [0.15, 0.2) is 0 Å². The summed E-state index contributed by atoms with van der Waals surface area (Å²) in [7, 11) is -3.37. The fraction of sp³-hybridized carbons (Fsp3) is 0.647. The molecule has 1 aliphatic heterocycles. The molecule has 1 heterocycles. The minimum Gasteiger partial charge on any atom is -0.490 e. The second-order valence-electron chi connectivity index (χ2n) is 6.32. The monoisotopic (exact) mass is 323 g/mol. The first kappa shape index (κ1) is 15.8. The highest BCUT2D eigenvalue weighted by Crippen LogP contribution is 2.29. The van der Waals surface area contributed by atoms with Crippen LogP contribution in [-0.2, 0) is 10.0 Å². The summed E-state index contributed by atoms with van der Waals surface area (Å²) in [5.41, 5.74) is 0. The van der Waals surface area contributed by atoms with E-state index in [2.05, 4.69) is 6.92 Å². The van der Waals surface area contributed by atoms with Crippen molar-refractivity contribution in [3.63, 3.8) is 0 Å². The van der Waals surface area contributed by atoms with Crippen molar-refractivity contribution < 1.29 is 13.2 Å². The molecule has 4 nitrogen and oxygen atoms in total. The zero-order chi connectivity index (χ0) is 15.6. The Hall–Kier alpha value is -1.07. The fourth-order valence-corrected chi connectivity index (χ4v) is 5.32. The van der Waals surface area contributed by atoms with Crippen molar-refractivity contribution in [3.8, 4) is 5.75 Å². The maximum atomic E-state index is 12.7. The second kappa shape index (κ2) is 6.59. The van der Waals surface area contributed by atoms with Gasteiger partial charge in [-0.1, -0.05) is 6.92 Å². The van der Waals surface area contributed by atoms with Crippen LogP contribution in [0.15, 0.2) is 29.2 Å². The first-order valence-corrected chi connectivity index (χ1v) is 9.84. The number of sulfonamides is 1. The molecule has 0 aromatic heterocycles. The van der Waals surface area contributed by atoms with E-state index in [9.17, 15) is 8.42 Å². The molecule has 1 saturated heterocycles. The van der Waals surface area contributed by atoms with Crippen LogP contribution in [0.5, 0.6) is 5.75 Å². The molecule has 22 heavy (non-hydrogen) atoms. The standard InChI is InChI=1S/C17H25NO3S/c1-2-14-6-5-13-18(14)22(19,20)17-11-9-16(10-12-17)21-15-7-3-4-8-15/h9-12,14-15H,2-8,13H2,1H3. The van der Waals surface area contributed by atoms with Gasteiger partial charge in [0.2, 0.25) is 10.0 Å². The molecule has 0 amide bonds. The zero-order valence-corrected chi connectivity index (χ0v) is 14.0. The molecule has 0 radical (unpaired) electrons. The van der Waals surface area contributed by atoms with Gasteiger partial charge in [-0.15, -0.1) is 0 Å². The van der Waals surface area contributed by atoms with Gasteiger partial charge in [0.1, 0.15) is 5.75 Å². The molecule has 122 valence electrons. The summed E-state index contributed by atoms with van der Waals surface area (Å²) in [6.45, 7) is 2.69. The van der Waals surface area contributed by atoms with Crippen LogP contribution in [0.25, 0.3) is 0 Å². The number of benzene rings is 1. The Morgan fingerprint density at radius 3 is 2.41 bits per heavy atom. The van der Waals surface area contributed by atoms with Crippen LogP contribution >= 0.6 is 0 Å². The first-order valence-electron chi connectivity index (χ1n) is 8.40. The van der Waals surface area contributed by atoms with Crippen molar-refractivity contribution >= 4 is 10.0 Å². The highest BCUT2D eigenvalue weighted by molar-refractivity contribution is 7.89. The maximum Gasteiger partial charge on any atom is 0.243 e. The predicted octanol–water partition coefficient (Wildman–Crippen LogP) is 3.57. The average Bonchev–Trinajstić information content (AvgIpc) is 3.18. The molecule has 1 aromatic rings. The van der Waals surface area contributed by atoms with Crippen LogP contribution in [-0.4, -0.2) is 31.4 Å². The molecule has 1 unspecified atom stereocenters. The third kappa shape index (κ3) is 3.15. The minimum absolute atomic E-state index is 0.152. The van der Waals surface area contributed by atoms with Crippen LogP contribution in [0.2, 0.25) is 0 Å². The Kier molecular flexibility index (Phi) is 4.73. The molecule has 0 bridgehead atoms. The van der Waals surface area contributed by atoms with Gasteiger partial charge in [-0.2, -0.15) is 4.31 Å². The van der Waals surface area contributed by atoms with E-state index in [1.165, 1.54) is 12.8 Å². The summed E-state index contributed by atoms with van der Waals surface area (Å²) in [6.07, 6.45) is 7.76. The highest BCUT2D eigenvalue weighted by Gasteiger charge is 2.34. The van der Waals surface area contributed by atoms with Gasteiger partial charge in [-0.05, 0) is 69.2 Å². The second-order valence-corrected chi connectivity index (χ2v) is 8.21. The Labute approximate surface area is 133 Å². The number of nitrogens with zero attached hydrogens (tertiary/aromatic N) is 1. The number of ether oxygens (including phenoxy) is 1. The summed E-state index contributed by atoms with van der Waals surface area (Å²) < 4.78 is 33.1.